The number of hydrogen-bond donors (Lipinski definition) is 0. The monoisotopic (exact) mass is 222 g/mol. The van der Waals surface area contributed by atoms with E-state index in [4.69, 9.17) is 0 Å². The zero-order chi connectivity index (χ0) is 11.8. The summed E-state index contributed by atoms with van der Waals surface area (Å²) in [6.07, 6.45) is 8.83. The molecule has 0 aromatic carbocycles. The van der Waals surface area contributed by atoms with Crippen LogP contribution in [-0.2, 0) is 4.79 Å². The van der Waals surface area contributed by atoms with E-state index in [2.05, 4.69) is 20.8 Å². The maximum absolute atomic E-state index is 12.5. The molecule has 0 spiro atoms. The topological polar surface area (TPSA) is 17.1 Å². The molecule has 2 rings (SSSR count). The van der Waals surface area contributed by atoms with Crippen LogP contribution >= 0.6 is 0 Å². The highest BCUT2D eigenvalue weighted by atomic mass is 16.1. The van der Waals surface area contributed by atoms with E-state index >= 15 is 0 Å². The summed E-state index contributed by atoms with van der Waals surface area (Å²) in [7, 11) is 0. The number of carbonyl (C=O) groups excluding carboxylic acids is 1. The van der Waals surface area contributed by atoms with E-state index in [1.54, 1.807) is 0 Å². The molecule has 1 heteroatoms. The minimum Gasteiger partial charge on any atom is -0.299 e. The van der Waals surface area contributed by atoms with Crippen molar-refractivity contribution in [2.24, 2.45) is 23.2 Å². The second-order valence-corrected chi connectivity index (χ2v) is 6.53. The molecule has 2 fully saturated rings. The molecule has 2 saturated carbocycles. The van der Waals surface area contributed by atoms with E-state index in [0.717, 1.165) is 18.3 Å². The predicted molar refractivity (Wildman–Crippen MR) is 67.3 cm³/mol. The van der Waals surface area contributed by atoms with E-state index in [1.807, 2.05) is 0 Å². The lowest BCUT2D eigenvalue weighted by atomic mass is 9.72. The van der Waals surface area contributed by atoms with Gasteiger partial charge in [0.2, 0.25) is 0 Å². The molecular formula is C15H26O. The Morgan fingerprint density at radius 3 is 1.94 bits per heavy atom. The molecule has 0 aromatic rings. The summed E-state index contributed by atoms with van der Waals surface area (Å²) >= 11 is 0. The van der Waals surface area contributed by atoms with Crippen molar-refractivity contribution in [3.05, 3.63) is 0 Å². The van der Waals surface area contributed by atoms with Crippen LogP contribution in [0.15, 0.2) is 0 Å². The van der Waals surface area contributed by atoms with Crippen molar-refractivity contribution in [3.63, 3.8) is 0 Å². The summed E-state index contributed by atoms with van der Waals surface area (Å²) in [5.41, 5.74) is 0.0117. The van der Waals surface area contributed by atoms with Crippen LogP contribution in [0.2, 0.25) is 0 Å². The first-order valence-corrected chi connectivity index (χ1v) is 7.09. The van der Waals surface area contributed by atoms with Crippen LogP contribution in [0.5, 0.6) is 0 Å². The third-order valence-electron chi connectivity index (χ3n) is 4.53. The van der Waals surface area contributed by atoms with Gasteiger partial charge in [0.15, 0.2) is 0 Å². The number of rotatable bonds is 7. The van der Waals surface area contributed by atoms with Crippen molar-refractivity contribution in [3.8, 4) is 0 Å². The Hall–Kier alpha value is -0.330. The molecule has 0 saturated heterocycles. The Balaban J connectivity index is 2.00. The van der Waals surface area contributed by atoms with Crippen molar-refractivity contribution < 1.29 is 4.79 Å². The Morgan fingerprint density at radius 2 is 1.62 bits per heavy atom. The molecule has 1 atom stereocenters. The number of Topliss-reactive ketones (excluding diaryl/α,β-unsaturated/α-hetero) is 1. The summed E-state index contributed by atoms with van der Waals surface area (Å²) < 4.78 is 0. The summed E-state index contributed by atoms with van der Waals surface area (Å²) in [5.74, 6) is 2.56. The molecule has 1 nitrogen and oxygen atoms in total. The quantitative estimate of drug-likeness (QED) is 0.630. The van der Waals surface area contributed by atoms with Gasteiger partial charge in [0.25, 0.3) is 0 Å². The van der Waals surface area contributed by atoms with Crippen LogP contribution in [-0.4, -0.2) is 5.78 Å². The van der Waals surface area contributed by atoms with Crippen LogP contribution in [0.3, 0.4) is 0 Å². The highest BCUT2D eigenvalue weighted by Gasteiger charge is 2.43. The molecule has 0 N–H and O–H groups in total. The van der Waals surface area contributed by atoms with E-state index in [-0.39, 0.29) is 11.3 Å². The van der Waals surface area contributed by atoms with Gasteiger partial charge in [-0.25, -0.2) is 0 Å². The van der Waals surface area contributed by atoms with Gasteiger partial charge in [0, 0.05) is 11.3 Å². The number of carbonyl (C=O) groups is 1. The molecule has 0 bridgehead atoms. The zero-order valence-electron chi connectivity index (χ0n) is 11.1. The van der Waals surface area contributed by atoms with Gasteiger partial charge in [-0.2, -0.15) is 0 Å². The fourth-order valence-corrected chi connectivity index (χ4v) is 2.98. The van der Waals surface area contributed by atoms with Crippen molar-refractivity contribution in [2.75, 3.05) is 0 Å². The highest BCUT2D eigenvalue weighted by molar-refractivity contribution is 5.86. The average Bonchev–Trinajstić information content (AvgIpc) is 3.12. The Bertz CT molecular complexity index is 247. The molecule has 16 heavy (non-hydrogen) atoms. The van der Waals surface area contributed by atoms with Gasteiger partial charge in [-0.3, -0.25) is 4.79 Å². The molecule has 0 aliphatic heterocycles. The highest BCUT2D eigenvalue weighted by Crippen LogP contribution is 2.49. The maximum Gasteiger partial charge on any atom is 0.141 e. The van der Waals surface area contributed by atoms with Gasteiger partial charge < -0.3 is 0 Å². The minimum atomic E-state index is 0.0117. The first kappa shape index (κ1) is 12.1. The second-order valence-electron chi connectivity index (χ2n) is 6.53. The van der Waals surface area contributed by atoms with Crippen molar-refractivity contribution in [2.45, 2.75) is 65.7 Å². The van der Waals surface area contributed by atoms with Gasteiger partial charge in [0.1, 0.15) is 5.78 Å². The van der Waals surface area contributed by atoms with Crippen LogP contribution < -0.4 is 0 Å². The molecule has 0 heterocycles. The van der Waals surface area contributed by atoms with Gasteiger partial charge in [-0.05, 0) is 31.1 Å². The van der Waals surface area contributed by atoms with Crippen LogP contribution in [0.4, 0.5) is 0 Å². The summed E-state index contributed by atoms with van der Waals surface area (Å²) in [6.45, 7) is 6.50. The van der Waals surface area contributed by atoms with E-state index < -0.39 is 0 Å². The predicted octanol–water partition coefficient (Wildman–Crippen LogP) is 4.21. The number of hydrogen-bond acceptors (Lipinski definition) is 1. The standard InChI is InChI=1S/C15H26O/c1-4-11(2)14(16)15(3,9-12-5-6-12)10-13-7-8-13/h11-13H,4-10H2,1-3H3. The smallest absolute Gasteiger partial charge is 0.141 e. The molecular weight excluding hydrogens is 196 g/mol. The normalized spacial score (nSPS) is 23.2. The van der Waals surface area contributed by atoms with Crippen LogP contribution in [0, 0.1) is 23.2 Å². The van der Waals surface area contributed by atoms with Gasteiger partial charge in [-0.1, -0.05) is 46.5 Å². The van der Waals surface area contributed by atoms with E-state index in [0.29, 0.717) is 5.78 Å². The van der Waals surface area contributed by atoms with Gasteiger partial charge in [-0.15, -0.1) is 0 Å². The molecule has 1 unspecified atom stereocenters. The SMILES string of the molecule is CCC(C)C(=O)C(C)(CC1CC1)CC1CC1. The molecule has 0 aromatic heterocycles. The van der Waals surface area contributed by atoms with E-state index in [1.165, 1.54) is 38.5 Å². The average molecular weight is 222 g/mol. The fraction of sp³-hybridized carbons (Fsp3) is 0.933. The first-order valence-electron chi connectivity index (χ1n) is 7.09. The lowest BCUT2D eigenvalue weighted by Crippen LogP contribution is -2.33. The largest absolute Gasteiger partial charge is 0.299 e. The van der Waals surface area contributed by atoms with E-state index in [9.17, 15) is 4.79 Å². The molecule has 2 aliphatic rings. The van der Waals surface area contributed by atoms with Crippen molar-refractivity contribution in [1.29, 1.82) is 0 Å². The third kappa shape index (κ3) is 2.87. The van der Waals surface area contributed by atoms with Gasteiger partial charge in [0.05, 0.1) is 0 Å². The van der Waals surface area contributed by atoms with Crippen LogP contribution in [0.1, 0.15) is 65.7 Å². The first-order chi connectivity index (χ1) is 7.55. The summed E-state index contributed by atoms with van der Waals surface area (Å²) in [4.78, 5) is 12.5. The minimum absolute atomic E-state index is 0.0117. The third-order valence-corrected chi connectivity index (χ3v) is 4.53. The summed E-state index contributed by atoms with van der Waals surface area (Å²) in [6, 6.07) is 0. The fourth-order valence-electron chi connectivity index (χ4n) is 2.98. The molecule has 0 amide bonds. The lowest BCUT2D eigenvalue weighted by Gasteiger charge is -2.31. The second kappa shape index (κ2) is 4.50. The molecule has 2 aliphatic carbocycles. The zero-order valence-corrected chi connectivity index (χ0v) is 11.1. The maximum atomic E-state index is 12.5. The van der Waals surface area contributed by atoms with Gasteiger partial charge >= 0.3 is 0 Å². The Kier molecular flexibility index (Phi) is 3.42. The summed E-state index contributed by atoms with van der Waals surface area (Å²) in [5, 5.41) is 0. The number of ketones is 1. The van der Waals surface area contributed by atoms with Crippen LogP contribution in [0.25, 0.3) is 0 Å². The Labute approximate surface area is 100.0 Å². The van der Waals surface area contributed by atoms with Crippen molar-refractivity contribution >= 4 is 5.78 Å². The lowest BCUT2D eigenvalue weighted by molar-refractivity contribution is -0.133. The molecule has 0 radical (unpaired) electrons. The Morgan fingerprint density at radius 1 is 1.19 bits per heavy atom. The van der Waals surface area contributed by atoms with Crippen molar-refractivity contribution in [1.82, 2.24) is 0 Å². The molecule has 92 valence electrons.